The molecule has 0 spiro atoms. The van der Waals surface area contributed by atoms with Gasteiger partial charge in [0.2, 0.25) is 0 Å². The molecule has 74 valence electrons. The Kier molecular flexibility index (Phi) is 2.67. The SMILES string of the molecule is CSc1sc2cc(CO)ccc2c1O. The van der Waals surface area contributed by atoms with Crippen LogP contribution in [0.15, 0.2) is 22.4 Å². The molecule has 2 aromatic rings. The van der Waals surface area contributed by atoms with Gasteiger partial charge in [0.15, 0.2) is 0 Å². The molecule has 0 saturated heterocycles. The van der Waals surface area contributed by atoms with Crippen LogP contribution in [0.25, 0.3) is 10.1 Å². The zero-order valence-corrected chi connectivity index (χ0v) is 9.28. The Bertz CT molecular complexity index is 462. The molecule has 0 aliphatic rings. The molecule has 0 atom stereocenters. The number of rotatable bonds is 2. The normalized spacial score (nSPS) is 11.0. The van der Waals surface area contributed by atoms with Crippen LogP contribution in [0.1, 0.15) is 5.56 Å². The lowest BCUT2D eigenvalue weighted by molar-refractivity contribution is 0.282. The van der Waals surface area contributed by atoms with Gasteiger partial charge in [-0.2, -0.15) is 0 Å². The second kappa shape index (κ2) is 3.81. The maximum atomic E-state index is 9.78. The van der Waals surface area contributed by atoms with Crippen molar-refractivity contribution in [3.8, 4) is 5.75 Å². The van der Waals surface area contributed by atoms with E-state index in [1.165, 1.54) is 0 Å². The van der Waals surface area contributed by atoms with Crippen molar-refractivity contribution in [2.24, 2.45) is 0 Å². The van der Waals surface area contributed by atoms with Crippen molar-refractivity contribution in [3.63, 3.8) is 0 Å². The molecule has 0 bridgehead atoms. The molecule has 0 aliphatic carbocycles. The van der Waals surface area contributed by atoms with E-state index >= 15 is 0 Å². The zero-order chi connectivity index (χ0) is 10.1. The van der Waals surface area contributed by atoms with E-state index in [1.807, 2.05) is 24.5 Å². The number of thiophene rings is 1. The summed E-state index contributed by atoms with van der Waals surface area (Å²) in [6.07, 6.45) is 1.94. The summed E-state index contributed by atoms with van der Waals surface area (Å²) >= 11 is 3.10. The number of hydrogen-bond acceptors (Lipinski definition) is 4. The van der Waals surface area contributed by atoms with Crippen LogP contribution in [0.2, 0.25) is 0 Å². The van der Waals surface area contributed by atoms with Crippen molar-refractivity contribution >= 4 is 33.2 Å². The van der Waals surface area contributed by atoms with Crippen LogP contribution >= 0.6 is 23.1 Å². The highest BCUT2D eigenvalue weighted by molar-refractivity contribution is 8.00. The first-order chi connectivity index (χ1) is 6.76. The van der Waals surface area contributed by atoms with Gasteiger partial charge in [0.25, 0.3) is 0 Å². The third-order valence-electron chi connectivity index (χ3n) is 2.07. The van der Waals surface area contributed by atoms with Gasteiger partial charge in [0.1, 0.15) is 9.96 Å². The number of aliphatic hydroxyl groups is 1. The number of fused-ring (bicyclic) bond motifs is 1. The van der Waals surface area contributed by atoms with E-state index in [-0.39, 0.29) is 6.61 Å². The molecule has 4 heteroatoms. The van der Waals surface area contributed by atoms with Crippen molar-refractivity contribution in [3.05, 3.63) is 23.8 Å². The molecule has 0 fully saturated rings. The summed E-state index contributed by atoms with van der Waals surface area (Å²) in [4.78, 5) is 0. The molecule has 0 amide bonds. The Balaban J connectivity index is 2.66. The third kappa shape index (κ3) is 1.49. The fourth-order valence-electron chi connectivity index (χ4n) is 1.34. The van der Waals surface area contributed by atoms with Crippen molar-refractivity contribution in [1.29, 1.82) is 0 Å². The highest BCUT2D eigenvalue weighted by Crippen LogP contribution is 2.42. The quantitative estimate of drug-likeness (QED) is 0.774. The van der Waals surface area contributed by atoms with Crippen LogP contribution in [-0.4, -0.2) is 16.5 Å². The van der Waals surface area contributed by atoms with E-state index in [9.17, 15) is 5.11 Å². The van der Waals surface area contributed by atoms with Crippen LogP contribution in [0.4, 0.5) is 0 Å². The summed E-state index contributed by atoms with van der Waals surface area (Å²) in [7, 11) is 0. The molecule has 14 heavy (non-hydrogen) atoms. The molecular formula is C10H10O2S2. The van der Waals surface area contributed by atoms with Crippen molar-refractivity contribution in [1.82, 2.24) is 0 Å². The number of hydrogen-bond donors (Lipinski definition) is 2. The number of aliphatic hydroxyl groups excluding tert-OH is 1. The number of thioether (sulfide) groups is 1. The summed E-state index contributed by atoms with van der Waals surface area (Å²) in [5.41, 5.74) is 0.881. The average molecular weight is 226 g/mol. The van der Waals surface area contributed by atoms with Gasteiger partial charge in [0.05, 0.1) is 6.61 Å². The standard InChI is InChI=1S/C10H10O2S2/c1-13-10-9(12)7-3-2-6(5-11)4-8(7)14-10/h2-4,11-12H,5H2,1H3. The lowest BCUT2D eigenvalue weighted by Gasteiger charge is -1.95. The first-order valence-corrected chi connectivity index (χ1v) is 6.19. The molecule has 1 aromatic carbocycles. The van der Waals surface area contributed by atoms with Gasteiger partial charge in [0, 0.05) is 10.1 Å². The van der Waals surface area contributed by atoms with Gasteiger partial charge in [-0.05, 0) is 24.0 Å². The van der Waals surface area contributed by atoms with Gasteiger partial charge in [-0.25, -0.2) is 0 Å². The molecule has 2 N–H and O–H groups in total. The molecule has 0 radical (unpaired) electrons. The Morgan fingerprint density at radius 1 is 1.43 bits per heavy atom. The fraction of sp³-hybridized carbons (Fsp3) is 0.200. The molecule has 1 aromatic heterocycles. The highest BCUT2D eigenvalue weighted by Gasteiger charge is 2.09. The van der Waals surface area contributed by atoms with Gasteiger partial charge < -0.3 is 10.2 Å². The molecule has 2 rings (SSSR count). The third-order valence-corrected chi connectivity index (χ3v) is 4.32. The number of benzene rings is 1. The summed E-state index contributed by atoms with van der Waals surface area (Å²) < 4.78 is 1.95. The van der Waals surface area contributed by atoms with Crippen LogP contribution in [-0.2, 0) is 6.61 Å². The number of aromatic hydroxyl groups is 1. The maximum Gasteiger partial charge on any atom is 0.147 e. The largest absolute Gasteiger partial charge is 0.505 e. The molecule has 0 aliphatic heterocycles. The lowest BCUT2D eigenvalue weighted by Crippen LogP contribution is -1.79. The molecular weight excluding hydrogens is 216 g/mol. The van der Waals surface area contributed by atoms with E-state index in [0.29, 0.717) is 5.75 Å². The molecule has 2 nitrogen and oxygen atoms in total. The van der Waals surface area contributed by atoms with Gasteiger partial charge in [-0.1, -0.05) is 6.07 Å². The summed E-state index contributed by atoms with van der Waals surface area (Å²) in [5, 5.41) is 19.6. The van der Waals surface area contributed by atoms with Crippen LogP contribution in [0.3, 0.4) is 0 Å². The van der Waals surface area contributed by atoms with Gasteiger partial charge in [-0.15, -0.1) is 23.1 Å². The van der Waals surface area contributed by atoms with E-state index in [0.717, 1.165) is 19.9 Å². The predicted molar refractivity (Wildman–Crippen MR) is 61.2 cm³/mol. The Morgan fingerprint density at radius 2 is 2.21 bits per heavy atom. The molecule has 1 heterocycles. The minimum Gasteiger partial charge on any atom is -0.505 e. The van der Waals surface area contributed by atoms with E-state index in [1.54, 1.807) is 23.1 Å². The Hall–Kier alpha value is -0.710. The van der Waals surface area contributed by atoms with E-state index < -0.39 is 0 Å². The van der Waals surface area contributed by atoms with Crippen LogP contribution < -0.4 is 0 Å². The highest BCUT2D eigenvalue weighted by atomic mass is 32.2. The Labute approximate surface area is 90.2 Å². The monoisotopic (exact) mass is 226 g/mol. The summed E-state index contributed by atoms with van der Waals surface area (Å²) in [6.45, 7) is 0.0448. The van der Waals surface area contributed by atoms with Crippen LogP contribution in [0, 0.1) is 0 Å². The lowest BCUT2D eigenvalue weighted by atomic mass is 10.2. The molecule has 0 saturated carbocycles. The minimum atomic E-state index is 0.0448. The van der Waals surface area contributed by atoms with Crippen molar-refractivity contribution < 1.29 is 10.2 Å². The minimum absolute atomic E-state index is 0.0448. The van der Waals surface area contributed by atoms with Crippen LogP contribution in [0.5, 0.6) is 5.75 Å². The van der Waals surface area contributed by atoms with Gasteiger partial charge in [-0.3, -0.25) is 0 Å². The van der Waals surface area contributed by atoms with Gasteiger partial charge >= 0.3 is 0 Å². The smallest absolute Gasteiger partial charge is 0.147 e. The molecule has 0 unspecified atom stereocenters. The second-order valence-electron chi connectivity index (χ2n) is 2.93. The predicted octanol–water partition coefficient (Wildman–Crippen LogP) is 2.82. The summed E-state index contributed by atoms with van der Waals surface area (Å²) in [5.74, 6) is 0.363. The van der Waals surface area contributed by atoms with Crippen molar-refractivity contribution in [2.75, 3.05) is 6.26 Å². The first-order valence-electron chi connectivity index (χ1n) is 4.15. The fourth-order valence-corrected chi connectivity index (χ4v) is 3.14. The Morgan fingerprint density at radius 3 is 2.86 bits per heavy atom. The maximum absolute atomic E-state index is 9.78. The van der Waals surface area contributed by atoms with E-state index in [4.69, 9.17) is 5.11 Å². The zero-order valence-electron chi connectivity index (χ0n) is 7.65. The average Bonchev–Trinajstić information content (AvgIpc) is 2.55. The topological polar surface area (TPSA) is 40.5 Å². The van der Waals surface area contributed by atoms with E-state index in [2.05, 4.69) is 0 Å². The second-order valence-corrected chi connectivity index (χ2v) is 5.06. The first kappa shape index (κ1) is 9.83. The summed E-state index contributed by atoms with van der Waals surface area (Å²) in [6, 6.07) is 5.60. The van der Waals surface area contributed by atoms with Crippen molar-refractivity contribution in [2.45, 2.75) is 10.8 Å².